The molecule has 1 amide bonds. The first kappa shape index (κ1) is 18.8. The van der Waals surface area contributed by atoms with E-state index in [2.05, 4.69) is 32.1 Å². The van der Waals surface area contributed by atoms with Crippen LogP contribution < -0.4 is 10.2 Å². The maximum Gasteiger partial charge on any atom is 0.234 e. The van der Waals surface area contributed by atoms with Crippen molar-refractivity contribution in [2.24, 2.45) is 0 Å². The summed E-state index contributed by atoms with van der Waals surface area (Å²) in [5, 5.41) is 3.09. The highest BCUT2D eigenvalue weighted by molar-refractivity contribution is 8.00. The number of hydrogen-bond donors (Lipinski definition) is 2. The molecule has 0 radical (unpaired) electrons. The summed E-state index contributed by atoms with van der Waals surface area (Å²) in [4.78, 5) is 27.1. The molecule has 4 rings (SSSR count). The van der Waals surface area contributed by atoms with Gasteiger partial charge in [0.2, 0.25) is 5.91 Å². The Bertz CT molecular complexity index is 921. The van der Waals surface area contributed by atoms with Crippen LogP contribution in [0.5, 0.6) is 0 Å². The standard InChI is InChI=1S/C20H23N5O2S/c1-14(19-23-15-5-2-3-6-16(15)24-19)28-13-18(26)22-17-7-4-8-21-20(17)25-9-11-27-12-10-25/h2-8,14H,9-13H2,1H3,(H,22,26)(H,23,24). The summed E-state index contributed by atoms with van der Waals surface area (Å²) in [5.41, 5.74) is 2.70. The Labute approximate surface area is 167 Å². The molecule has 0 saturated carbocycles. The minimum atomic E-state index is -0.0459. The van der Waals surface area contributed by atoms with E-state index in [-0.39, 0.29) is 11.2 Å². The van der Waals surface area contributed by atoms with E-state index in [9.17, 15) is 4.79 Å². The molecular formula is C20H23N5O2S. The Morgan fingerprint density at radius 1 is 1.29 bits per heavy atom. The van der Waals surface area contributed by atoms with Crippen molar-refractivity contribution in [2.75, 3.05) is 42.3 Å². The van der Waals surface area contributed by atoms with E-state index in [1.54, 1.807) is 18.0 Å². The van der Waals surface area contributed by atoms with Crippen LogP contribution in [0.3, 0.4) is 0 Å². The van der Waals surface area contributed by atoms with E-state index in [0.717, 1.165) is 41.5 Å². The van der Waals surface area contributed by atoms with Gasteiger partial charge in [-0.05, 0) is 31.2 Å². The van der Waals surface area contributed by atoms with E-state index < -0.39 is 0 Å². The Kier molecular flexibility index (Phi) is 5.78. The summed E-state index contributed by atoms with van der Waals surface area (Å²) in [7, 11) is 0. The quantitative estimate of drug-likeness (QED) is 0.664. The summed E-state index contributed by atoms with van der Waals surface area (Å²) in [6.07, 6.45) is 1.75. The number of nitrogens with zero attached hydrogens (tertiary/aromatic N) is 3. The average Bonchev–Trinajstić information content (AvgIpc) is 3.17. The van der Waals surface area contributed by atoms with Crippen LogP contribution in [0.25, 0.3) is 11.0 Å². The molecule has 1 aromatic carbocycles. The number of amides is 1. The first-order valence-electron chi connectivity index (χ1n) is 9.34. The minimum absolute atomic E-state index is 0.0459. The molecule has 1 aliphatic rings. The third-order valence-corrected chi connectivity index (χ3v) is 5.78. The maximum atomic E-state index is 12.5. The number of ether oxygens (including phenoxy) is 1. The zero-order valence-corrected chi connectivity index (χ0v) is 16.5. The van der Waals surface area contributed by atoms with Gasteiger partial charge in [-0.25, -0.2) is 9.97 Å². The van der Waals surface area contributed by atoms with Crippen LogP contribution in [0.1, 0.15) is 18.0 Å². The van der Waals surface area contributed by atoms with Crippen molar-refractivity contribution in [2.45, 2.75) is 12.2 Å². The normalized spacial score (nSPS) is 15.5. The molecule has 2 aromatic heterocycles. The lowest BCUT2D eigenvalue weighted by Gasteiger charge is -2.29. The highest BCUT2D eigenvalue weighted by Gasteiger charge is 2.18. The number of para-hydroxylation sites is 2. The largest absolute Gasteiger partial charge is 0.378 e. The molecule has 3 heterocycles. The molecule has 28 heavy (non-hydrogen) atoms. The van der Waals surface area contributed by atoms with Crippen LogP contribution >= 0.6 is 11.8 Å². The molecule has 0 bridgehead atoms. The molecular weight excluding hydrogens is 374 g/mol. The number of anilines is 2. The number of hydrogen-bond acceptors (Lipinski definition) is 6. The summed E-state index contributed by atoms with van der Waals surface area (Å²) in [6, 6.07) is 11.7. The third kappa shape index (κ3) is 4.28. The number of fused-ring (bicyclic) bond motifs is 1. The lowest BCUT2D eigenvalue weighted by atomic mass is 10.3. The van der Waals surface area contributed by atoms with E-state index in [4.69, 9.17) is 4.74 Å². The van der Waals surface area contributed by atoms with E-state index in [1.165, 1.54) is 0 Å². The molecule has 1 saturated heterocycles. The molecule has 0 aliphatic carbocycles. The molecule has 2 N–H and O–H groups in total. The van der Waals surface area contributed by atoms with Gasteiger partial charge in [0.1, 0.15) is 5.82 Å². The minimum Gasteiger partial charge on any atom is -0.378 e. The fraction of sp³-hybridized carbons (Fsp3) is 0.350. The molecule has 146 valence electrons. The van der Waals surface area contributed by atoms with Crippen LogP contribution in [0.2, 0.25) is 0 Å². The number of carbonyl (C=O) groups excluding carboxylic acids is 1. The Morgan fingerprint density at radius 2 is 2.11 bits per heavy atom. The number of morpholine rings is 1. The number of H-pyrrole nitrogens is 1. The molecule has 0 spiro atoms. The number of aromatic nitrogens is 3. The van der Waals surface area contributed by atoms with Gasteiger partial charge in [-0.15, -0.1) is 11.8 Å². The van der Waals surface area contributed by atoms with E-state index in [0.29, 0.717) is 19.0 Å². The van der Waals surface area contributed by atoms with Crippen LogP contribution in [-0.2, 0) is 9.53 Å². The zero-order chi connectivity index (χ0) is 19.3. The predicted molar refractivity (Wildman–Crippen MR) is 113 cm³/mol. The molecule has 1 fully saturated rings. The van der Waals surface area contributed by atoms with Gasteiger partial charge in [0.25, 0.3) is 0 Å². The lowest BCUT2D eigenvalue weighted by Crippen LogP contribution is -2.37. The second-order valence-electron chi connectivity index (χ2n) is 6.61. The highest BCUT2D eigenvalue weighted by Crippen LogP contribution is 2.28. The second-order valence-corrected chi connectivity index (χ2v) is 7.94. The maximum absolute atomic E-state index is 12.5. The molecule has 3 aromatic rings. The van der Waals surface area contributed by atoms with Crippen molar-refractivity contribution in [1.29, 1.82) is 0 Å². The van der Waals surface area contributed by atoms with Gasteiger partial charge >= 0.3 is 0 Å². The smallest absolute Gasteiger partial charge is 0.234 e. The average molecular weight is 398 g/mol. The van der Waals surface area contributed by atoms with Crippen molar-refractivity contribution in [3.8, 4) is 0 Å². The predicted octanol–water partition coefficient (Wildman–Crippen LogP) is 3.23. The van der Waals surface area contributed by atoms with Crippen molar-refractivity contribution >= 4 is 40.2 Å². The fourth-order valence-electron chi connectivity index (χ4n) is 3.15. The van der Waals surface area contributed by atoms with Crippen molar-refractivity contribution in [1.82, 2.24) is 15.0 Å². The van der Waals surface area contributed by atoms with Crippen LogP contribution in [0.4, 0.5) is 11.5 Å². The van der Waals surface area contributed by atoms with Crippen LogP contribution in [-0.4, -0.2) is 52.9 Å². The van der Waals surface area contributed by atoms with Crippen molar-refractivity contribution in [3.05, 3.63) is 48.4 Å². The number of rotatable bonds is 6. The van der Waals surface area contributed by atoms with E-state index in [1.807, 2.05) is 36.4 Å². The topological polar surface area (TPSA) is 83.1 Å². The monoisotopic (exact) mass is 397 g/mol. The van der Waals surface area contributed by atoms with Crippen molar-refractivity contribution in [3.63, 3.8) is 0 Å². The number of imidazole rings is 1. The molecule has 8 heteroatoms. The summed E-state index contributed by atoms with van der Waals surface area (Å²) >= 11 is 1.55. The fourth-order valence-corrected chi connectivity index (χ4v) is 3.90. The van der Waals surface area contributed by atoms with Crippen LogP contribution in [0, 0.1) is 0 Å². The molecule has 1 unspecified atom stereocenters. The van der Waals surface area contributed by atoms with Gasteiger partial charge in [0, 0.05) is 19.3 Å². The van der Waals surface area contributed by atoms with E-state index >= 15 is 0 Å². The number of thioether (sulfide) groups is 1. The Morgan fingerprint density at radius 3 is 2.93 bits per heavy atom. The van der Waals surface area contributed by atoms with Gasteiger partial charge in [-0.1, -0.05) is 12.1 Å². The third-order valence-electron chi connectivity index (χ3n) is 4.63. The summed E-state index contributed by atoms with van der Waals surface area (Å²) in [6.45, 7) is 4.96. The number of aromatic amines is 1. The van der Waals surface area contributed by atoms with Crippen molar-refractivity contribution < 1.29 is 9.53 Å². The first-order valence-corrected chi connectivity index (χ1v) is 10.4. The van der Waals surface area contributed by atoms with Crippen LogP contribution in [0.15, 0.2) is 42.6 Å². The summed E-state index contributed by atoms with van der Waals surface area (Å²) in [5.74, 6) is 1.98. The molecule has 1 aliphatic heterocycles. The van der Waals surface area contributed by atoms with Gasteiger partial charge in [0.05, 0.1) is 40.9 Å². The number of benzene rings is 1. The SMILES string of the molecule is CC(SCC(=O)Nc1cccnc1N1CCOCC1)c1nc2ccccc2[nH]1. The highest BCUT2D eigenvalue weighted by atomic mass is 32.2. The Balaban J connectivity index is 1.37. The van der Waals surface area contributed by atoms with Gasteiger partial charge in [-0.2, -0.15) is 0 Å². The summed E-state index contributed by atoms with van der Waals surface area (Å²) < 4.78 is 5.40. The lowest BCUT2D eigenvalue weighted by molar-refractivity contribution is -0.113. The van der Waals surface area contributed by atoms with Gasteiger partial charge in [-0.3, -0.25) is 4.79 Å². The molecule has 7 nitrogen and oxygen atoms in total. The second kappa shape index (κ2) is 8.62. The zero-order valence-electron chi connectivity index (χ0n) is 15.7. The number of pyridine rings is 1. The van der Waals surface area contributed by atoms with Gasteiger partial charge < -0.3 is 19.9 Å². The first-order chi connectivity index (χ1) is 13.7. The molecule has 1 atom stereocenters. The number of nitrogens with one attached hydrogen (secondary N) is 2. The van der Waals surface area contributed by atoms with Gasteiger partial charge in [0.15, 0.2) is 5.82 Å². The number of carbonyl (C=O) groups is 1. The Hall–Kier alpha value is -2.58.